The zero-order valence-electron chi connectivity index (χ0n) is 23.3. The summed E-state index contributed by atoms with van der Waals surface area (Å²) in [5.74, 6) is 1.72. The van der Waals surface area contributed by atoms with E-state index in [1.807, 2.05) is 53.4 Å². The topological polar surface area (TPSA) is 57.8 Å². The average molecular weight is 546 g/mol. The first kappa shape index (κ1) is 26.5. The zero-order chi connectivity index (χ0) is 28.0. The van der Waals surface area contributed by atoms with Gasteiger partial charge in [0.25, 0.3) is 0 Å². The molecule has 41 heavy (non-hydrogen) atoms. The highest BCUT2D eigenvalue weighted by Gasteiger charge is 2.27. The van der Waals surface area contributed by atoms with Crippen LogP contribution in [0, 0.1) is 0 Å². The summed E-state index contributed by atoms with van der Waals surface area (Å²) in [6.45, 7) is 3.51. The summed E-state index contributed by atoms with van der Waals surface area (Å²) in [7, 11) is 1.68. The number of aromatic nitrogens is 1. The Morgan fingerprint density at radius 3 is 2.37 bits per heavy atom. The Kier molecular flexibility index (Phi) is 7.90. The monoisotopic (exact) mass is 545 g/mol. The van der Waals surface area contributed by atoms with Gasteiger partial charge in [0.1, 0.15) is 18.1 Å². The number of hydrogen-bond acceptors (Lipinski definition) is 4. The number of hydrogen-bond donors (Lipinski definition) is 1. The highest BCUT2D eigenvalue weighted by molar-refractivity contribution is 5.86. The number of H-pyrrole nitrogens is 1. The maximum Gasteiger partial charge on any atom is 0.223 e. The molecule has 0 saturated carbocycles. The molecule has 4 aromatic carbocycles. The number of ether oxygens (including phenoxy) is 2. The van der Waals surface area contributed by atoms with Crippen molar-refractivity contribution in [3.63, 3.8) is 0 Å². The van der Waals surface area contributed by atoms with Crippen LogP contribution in [0.1, 0.15) is 29.0 Å². The first-order valence-electron chi connectivity index (χ1n) is 14.2. The van der Waals surface area contributed by atoms with Crippen LogP contribution in [0.15, 0.2) is 109 Å². The van der Waals surface area contributed by atoms with Crippen LogP contribution in [-0.4, -0.2) is 49.1 Å². The Balaban J connectivity index is 1.20. The summed E-state index contributed by atoms with van der Waals surface area (Å²) in [4.78, 5) is 21.5. The van der Waals surface area contributed by atoms with Gasteiger partial charge in [-0.3, -0.25) is 4.79 Å². The third-order valence-electron chi connectivity index (χ3n) is 7.95. The number of methoxy groups -OCH3 is 1. The van der Waals surface area contributed by atoms with Gasteiger partial charge in [-0.1, -0.05) is 60.7 Å². The molecule has 1 unspecified atom stereocenters. The third kappa shape index (κ3) is 6.07. The molecule has 1 aliphatic rings. The Bertz CT molecular complexity index is 1590. The van der Waals surface area contributed by atoms with Gasteiger partial charge in [-0.2, -0.15) is 0 Å². The molecule has 1 atom stereocenters. The average Bonchev–Trinajstić information content (AvgIpc) is 3.47. The van der Waals surface area contributed by atoms with E-state index >= 15 is 0 Å². The Hall–Kier alpha value is -4.71. The van der Waals surface area contributed by atoms with Crippen LogP contribution in [0.4, 0.5) is 5.69 Å². The minimum atomic E-state index is -0.0986. The van der Waals surface area contributed by atoms with E-state index in [1.54, 1.807) is 7.11 Å². The summed E-state index contributed by atoms with van der Waals surface area (Å²) in [6.07, 6.45) is 2.45. The minimum Gasteiger partial charge on any atom is -0.497 e. The molecule has 208 valence electrons. The van der Waals surface area contributed by atoms with Crippen LogP contribution < -0.4 is 14.4 Å². The second-order valence-electron chi connectivity index (χ2n) is 10.5. The molecule has 6 nitrogen and oxygen atoms in total. The first-order valence-corrected chi connectivity index (χ1v) is 14.2. The number of rotatable bonds is 9. The van der Waals surface area contributed by atoms with Crippen molar-refractivity contribution in [1.29, 1.82) is 0 Å². The van der Waals surface area contributed by atoms with Crippen molar-refractivity contribution >= 4 is 22.5 Å². The summed E-state index contributed by atoms with van der Waals surface area (Å²) in [5, 5.41) is 1.14. The number of amides is 1. The summed E-state index contributed by atoms with van der Waals surface area (Å²) in [6, 6.07) is 34.8. The number of benzene rings is 4. The standard InChI is InChI=1S/C35H35N3O3/c1-40-29-16-14-28(15-17-29)37-18-20-38(21-19-37)35(39)23-32(33-24-36-34-13-6-5-12-31(33)34)27-10-7-11-30(22-27)41-25-26-8-3-2-4-9-26/h2-17,22,24,32,36H,18-21,23,25H2,1H3. The molecule has 1 N–H and O–H groups in total. The van der Waals surface area contributed by atoms with Crippen LogP contribution >= 0.6 is 0 Å². The van der Waals surface area contributed by atoms with E-state index in [0.717, 1.165) is 57.9 Å². The molecule has 0 spiro atoms. The molecule has 0 aliphatic carbocycles. The SMILES string of the molecule is COc1ccc(N2CCN(C(=O)CC(c3cccc(OCc4ccccc4)c3)c3c[nH]c4ccccc34)CC2)cc1. The molecule has 1 aromatic heterocycles. The smallest absolute Gasteiger partial charge is 0.223 e. The van der Waals surface area contributed by atoms with Gasteiger partial charge in [0.05, 0.1) is 7.11 Å². The predicted molar refractivity (Wildman–Crippen MR) is 164 cm³/mol. The molecule has 1 fully saturated rings. The van der Waals surface area contributed by atoms with E-state index < -0.39 is 0 Å². The van der Waals surface area contributed by atoms with E-state index in [4.69, 9.17) is 9.47 Å². The number of anilines is 1. The van der Waals surface area contributed by atoms with Gasteiger partial charge in [0.2, 0.25) is 5.91 Å². The minimum absolute atomic E-state index is 0.0986. The summed E-state index contributed by atoms with van der Waals surface area (Å²) in [5.41, 5.74) is 5.55. The number of nitrogens with zero attached hydrogens (tertiary/aromatic N) is 2. The van der Waals surface area contributed by atoms with Gasteiger partial charge in [-0.25, -0.2) is 0 Å². The number of aromatic amines is 1. The lowest BCUT2D eigenvalue weighted by atomic mass is 9.87. The van der Waals surface area contributed by atoms with E-state index in [9.17, 15) is 4.79 Å². The lowest BCUT2D eigenvalue weighted by Gasteiger charge is -2.36. The van der Waals surface area contributed by atoms with Crippen LogP contribution in [0.3, 0.4) is 0 Å². The van der Waals surface area contributed by atoms with Crippen molar-refractivity contribution in [2.24, 2.45) is 0 Å². The highest BCUT2D eigenvalue weighted by atomic mass is 16.5. The van der Waals surface area contributed by atoms with Crippen molar-refractivity contribution < 1.29 is 14.3 Å². The fourth-order valence-corrected chi connectivity index (χ4v) is 5.66. The largest absolute Gasteiger partial charge is 0.497 e. The van der Waals surface area contributed by atoms with E-state index in [2.05, 4.69) is 70.7 Å². The first-order chi connectivity index (χ1) is 20.2. The molecule has 1 amide bonds. The van der Waals surface area contributed by atoms with Gasteiger partial charge < -0.3 is 24.3 Å². The number of piperazine rings is 1. The van der Waals surface area contributed by atoms with Crippen LogP contribution in [0.2, 0.25) is 0 Å². The van der Waals surface area contributed by atoms with Crippen LogP contribution in [0.5, 0.6) is 11.5 Å². The fraction of sp³-hybridized carbons (Fsp3) is 0.229. The van der Waals surface area contributed by atoms with Crippen LogP contribution in [-0.2, 0) is 11.4 Å². The van der Waals surface area contributed by atoms with Crippen molar-refractivity contribution in [3.05, 3.63) is 126 Å². The van der Waals surface area contributed by atoms with Gasteiger partial charge in [0.15, 0.2) is 0 Å². The van der Waals surface area contributed by atoms with Gasteiger partial charge >= 0.3 is 0 Å². The third-order valence-corrected chi connectivity index (χ3v) is 7.95. The summed E-state index contributed by atoms with van der Waals surface area (Å²) >= 11 is 0. The number of carbonyl (C=O) groups is 1. The van der Waals surface area contributed by atoms with E-state index in [0.29, 0.717) is 26.1 Å². The molecule has 5 aromatic rings. The fourth-order valence-electron chi connectivity index (χ4n) is 5.66. The molecule has 0 radical (unpaired) electrons. The molecule has 1 aliphatic heterocycles. The zero-order valence-corrected chi connectivity index (χ0v) is 23.3. The highest BCUT2D eigenvalue weighted by Crippen LogP contribution is 2.35. The van der Waals surface area contributed by atoms with Crippen molar-refractivity contribution in [2.45, 2.75) is 18.9 Å². The number of para-hydroxylation sites is 1. The number of carbonyl (C=O) groups excluding carboxylic acids is 1. The van der Waals surface area contributed by atoms with Crippen LogP contribution in [0.25, 0.3) is 10.9 Å². The van der Waals surface area contributed by atoms with Crippen molar-refractivity contribution in [3.8, 4) is 11.5 Å². The van der Waals surface area contributed by atoms with Gasteiger partial charge in [0, 0.05) is 61.3 Å². The number of fused-ring (bicyclic) bond motifs is 1. The maximum atomic E-state index is 13.8. The lowest BCUT2D eigenvalue weighted by Crippen LogP contribution is -2.49. The maximum absolute atomic E-state index is 13.8. The molecule has 6 rings (SSSR count). The Morgan fingerprint density at radius 1 is 0.829 bits per heavy atom. The molecule has 6 heteroatoms. The Morgan fingerprint density at radius 2 is 1.59 bits per heavy atom. The second kappa shape index (κ2) is 12.2. The Labute approximate surface area is 241 Å². The second-order valence-corrected chi connectivity index (χ2v) is 10.5. The van der Waals surface area contributed by atoms with Gasteiger partial charge in [-0.05, 0) is 59.2 Å². The van der Waals surface area contributed by atoms with Crippen molar-refractivity contribution in [1.82, 2.24) is 9.88 Å². The lowest BCUT2D eigenvalue weighted by molar-refractivity contribution is -0.131. The van der Waals surface area contributed by atoms with Gasteiger partial charge in [-0.15, -0.1) is 0 Å². The summed E-state index contributed by atoms with van der Waals surface area (Å²) < 4.78 is 11.5. The molecular weight excluding hydrogens is 510 g/mol. The molecule has 2 heterocycles. The normalized spacial score (nSPS) is 14.2. The van der Waals surface area contributed by atoms with E-state index in [1.165, 1.54) is 0 Å². The van der Waals surface area contributed by atoms with Crippen molar-refractivity contribution in [2.75, 3.05) is 38.2 Å². The molecule has 0 bridgehead atoms. The quantitative estimate of drug-likeness (QED) is 0.226. The predicted octanol–water partition coefficient (Wildman–Crippen LogP) is 6.63. The molecular formula is C35H35N3O3. The van der Waals surface area contributed by atoms with E-state index in [-0.39, 0.29) is 11.8 Å². The molecule has 1 saturated heterocycles. The number of nitrogens with one attached hydrogen (secondary N) is 1.